The Labute approximate surface area is 156 Å². The van der Waals surface area contributed by atoms with Crippen molar-refractivity contribution in [3.8, 4) is 11.5 Å². The van der Waals surface area contributed by atoms with Crippen LogP contribution in [-0.2, 0) is 11.3 Å². The number of carbonyl (C=O) groups is 1. The van der Waals surface area contributed by atoms with E-state index in [1.54, 1.807) is 12.1 Å². The minimum Gasteiger partial charge on any atom is -0.457 e. The summed E-state index contributed by atoms with van der Waals surface area (Å²) in [5.41, 5.74) is 7.08. The number of aromatic nitrogens is 2. The molecule has 6 nitrogen and oxygen atoms in total. The molecule has 0 atom stereocenters. The van der Waals surface area contributed by atoms with Crippen molar-refractivity contribution in [3.05, 3.63) is 54.1 Å². The third-order valence-electron chi connectivity index (χ3n) is 4.81. The molecule has 3 aromatic rings. The molecule has 0 aliphatic heterocycles. The molecular formula is C20H21FN4O2. The predicted octanol–water partition coefficient (Wildman–Crippen LogP) is 3.27. The van der Waals surface area contributed by atoms with E-state index >= 15 is 0 Å². The maximum atomic E-state index is 13.1. The first-order valence-electron chi connectivity index (χ1n) is 9.03. The molecule has 0 bridgehead atoms. The van der Waals surface area contributed by atoms with Crippen LogP contribution in [0.5, 0.6) is 11.5 Å². The second-order valence-corrected chi connectivity index (χ2v) is 6.76. The number of hydrogen-bond acceptors (Lipinski definition) is 4. The van der Waals surface area contributed by atoms with Gasteiger partial charge in [-0.25, -0.2) is 9.37 Å². The number of fused-ring (bicyclic) bond motifs is 1. The second kappa shape index (κ2) is 7.36. The smallest absolute Gasteiger partial charge is 0.231 e. The van der Waals surface area contributed by atoms with Gasteiger partial charge in [-0.1, -0.05) is 0 Å². The Morgan fingerprint density at radius 2 is 1.96 bits per heavy atom. The molecule has 0 spiro atoms. The molecule has 1 saturated carbocycles. The van der Waals surface area contributed by atoms with Crippen LogP contribution in [0.25, 0.3) is 11.0 Å². The number of nitrogens with zero attached hydrogens (tertiary/aromatic N) is 2. The first kappa shape index (κ1) is 17.5. The largest absolute Gasteiger partial charge is 0.457 e. The predicted molar refractivity (Wildman–Crippen MR) is 100.0 cm³/mol. The van der Waals surface area contributed by atoms with Crippen LogP contribution in [0.15, 0.2) is 42.5 Å². The summed E-state index contributed by atoms with van der Waals surface area (Å²) in [6, 6.07) is 12.1. The first-order valence-corrected chi connectivity index (χ1v) is 9.03. The zero-order valence-electron chi connectivity index (χ0n) is 14.8. The van der Waals surface area contributed by atoms with Gasteiger partial charge in [0.05, 0.1) is 24.1 Å². The van der Waals surface area contributed by atoms with E-state index in [-0.39, 0.29) is 12.4 Å². The van der Waals surface area contributed by atoms with Crippen LogP contribution < -0.4 is 15.8 Å². The van der Waals surface area contributed by atoms with Gasteiger partial charge in [-0.2, -0.15) is 0 Å². The van der Waals surface area contributed by atoms with Crippen LogP contribution in [0.2, 0.25) is 0 Å². The van der Waals surface area contributed by atoms with Gasteiger partial charge < -0.3 is 20.4 Å². The van der Waals surface area contributed by atoms with Gasteiger partial charge in [-0.15, -0.1) is 0 Å². The lowest BCUT2D eigenvalue weighted by Gasteiger charge is -2.29. The average molecular weight is 368 g/mol. The molecule has 1 amide bonds. The molecule has 1 aliphatic carbocycles. The fourth-order valence-electron chi connectivity index (χ4n) is 3.30. The standard InChI is InChI=1S/C20H21FN4O2/c21-13-4-6-15(7-5-13)27-16-8-9-17-18(10-16)25(14-2-1-3-14)20(24-17)12-23-11-19(22)26/h4-10,14,23H,1-3,11-12H2,(H2,22,26). The maximum absolute atomic E-state index is 13.1. The van der Waals surface area contributed by atoms with Crippen LogP contribution in [-0.4, -0.2) is 22.0 Å². The van der Waals surface area contributed by atoms with Crippen molar-refractivity contribution >= 4 is 16.9 Å². The number of carbonyl (C=O) groups excluding carboxylic acids is 1. The van der Waals surface area contributed by atoms with Gasteiger partial charge in [-0.3, -0.25) is 4.79 Å². The fourth-order valence-corrected chi connectivity index (χ4v) is 3.30. The molecule has 2 aromatic carbocycles. The summed E-state index contributed by atoms with van der Waals surface area (Å²) in [5, 5.41) is 3.04. The van der Waals surface area contributed by atoms with E-state index in [0.29, 0.717) is 24.1 Å². The molecule has 140 valence electrons. The van der Waals surface area contributed by atoms with Crippen LogP contribution in [0.4, 0.5) is 4.39 Å². The van der Waals surface area contributed by atoms with E-state index in [9.17, 15) is 9.18 Å². The minimum atomic E-state index is -0.392. The highest BCUT2D eigenvalue weighted by molar-refractivity contribution is 5.78. The number of benzene rings is 2. The minimum absolute atomic E-state index is 0.118. The Kier molecular flexibility index (Phi) is 4.77. The van der Waals surface area contributed by atoms with Crippen LogP contribution in [0.3, 0.4) is 0 Å². The SMILES string of the molecule is NC(=O)CNCc1nc2ccc(Oc3ccc(F)cc3)cc2n1C1CCC1. The Morgan fingerprint density at radius 3 is 2.63 bits per heavy atom. The highest BCUT2D eigenvalue weighted by Gasteiger charge is 2.24. The van der Waals surface area contributed by atoms with Gasteiger partial charge in [0, 0.05) is 12.1 Å². The normalized spacial score (nSPS) is 14.3. The number of imidazole rings is 1. The number of ether oxygens (including phenoxy) is 1. The lowest BCUT2D eigenvalue weighted by atomic mass is 9.92. The number of nitrogens with two attached hydrogens (primary N) is 1. The zero-order chi connectivity index (χ0) is 18.8. The third-order valence-corrected chi connectivity index (χ3v) is 4.81. The molecule has 1 aromatic heterocycles. The monoisotopic (exact) mass is 368 g/mol. The van der Waals surface area contributed by atoms with Gasteiger partial charge in [0.25, 0.3) is 0 Å². The summed E-state index contributed by atoms with van der Waals surface area (Å²) < 4.78 is 21.2. The number of amides is 1. The first-order chi connectivity index (χ1) is 13.1. The molecule has 1 aliphatic rings. The van der Waals surface area contributed by atoms with E-state index in [1.807, 2.05) is 18.2 Å². The summed E-state index contributed by atoms with van der Waals surface area (Å²) in [5.74, 6) is 1.44. The zero-order valence-corrected chi connectivity index (χ0v) is 14.8. The van der Waals surface area contributed by atoms with E-state index in [1.165, 1.54) is 18.6 Å². The van der Waals surface area contributed by atoms with E-state index in [2.05, 4.69) is 9.88 Å². The Morgan fingerprint density at radius 1 is 1.22 bits per heavy atom. The highest BCUT2D eigenvalue weighted by Crippen LogP contribution is 2.37. The lowest BCUT2D eigenvalue weighted by molar-refractivity contribution is -0.117. The maximum Gasteiger partial charge on any atom is 0.231 e. The Balaban J connectivity index is 1.64. The number of rotatable bonds is 7. The summed E-state index contributed by atoms with van der Waals surface area (Å²) >= 11 is 0. The van der Waals surface area contributed by atoms with E-state index in [4.69, 9.17) is 15.5 Å². The molecule has 0 unspecified atom stereocenters. The number of nitrogens with one attached hydrogen (secondary N) is 1. The van der Waals surface area contributed by atoms with E-state index in [0.717, 1.165) is 29.7 Å². The molecule has 3 N–H and O–H groups in total. The Bertz CT molecular complexity index is 964. The molecule has 1 fully saturated rings. The number of halogens is 1. The molecule has 4 rings (SSSR count). The van der Waals surface area contributed by atoms with Crippen molar-refractivity contribution in [1.82, 2.24) is 14.9 Å². The summed E-state index contributed by atoms with van der Waals surface area (Å²) in [4.78, 5) is 15.7. The van der Waals surface area contributed by atoms with Crippen molar-refractivity contribution < 1.29 is 13.9 Å². The molecule has 1 heterocycles. The topological polar surface area (TPSA) is 82.2 Å². The van der Waals surface area contributed by atoms with Gasteiger partial charge in [0.1, 0.15) is 23.1 Å². The molecule has 7 heteroatoms. The lowest BCUT2D eigenvalue weighted by Crippen LogP contribution is -2.30. The Hall–Kier alpha value is -2.93. The van der Waals surface area contributed by atoms with Gasteiger partial charge in [0.2, 0.25) is 5.91 Å². The van der Waals surface area contributed by atoms with Gasteiger partial charge in [0.15, 0.2) is 0 Å². The van der Waals surface area contributed by atoms with Crippen LogP contribution in [0.1, 0.15) is 31.1 Å². The number of primary amides is 1. The quantitative estimate of drug-likeness (QED) is 0.671. The van der Waals surface area contributed by atoms with Crippen molar-refractivity contribution in [2.75, 3.05) is 6.54 Å². The van der Waals surface area contributed by atoms with Crippen molar-refractivity contribution in [2.45, 2.75) is 31.8 Å². The molecule has 27 heavy (non-hydrogen) atoms. The van der Waals surface area contributed by atoms with Crippen LogP contribution >= 0.6 is 0 Å². The van der Waals surface area contributed by atoms with Crippen molar-refractivity contribution in [2.24, 2.45) is 5.73 Å². The molecule has 0 saturated heterocycles. The summed E-state index contributed by atoms with van der Waals surface area (Å²) in [7, 11) is 0. The fraction of sp³-hybridized carbons (Fsp3) is 0.300. The molecular weight excluding hydrogens is 347 g/mol. The van der Waals surface area contributed by atoms with Gasteiger partial charge >= 0.3 is 0 Å². The summed E-state index contributed by atoms with van der Waals surface area (Å²) in [6.45, 7) is 0.592. The van der Waals surface area contributed by atoms with Crippen molar-refractivity contribution in [1.29, 1.82) is 0 Å². The average Bonchev–Trinajstić information content (AvgIpc) is 2.93. The summed E-state index contributed by atoms with van der Waals surface area (Å²) in [6.07, 6.45) is 3.42. The van der Waals surface area contributed by atoms with Crippen molar-refractivity contribution in [3.63, 3.8) is 0 Å². The second-order valence-electron chi connectivity index (χ2n) is 6.76. The number of hydrogen-bond donors (Lipinski definition) is 2. The van der Waals surface area contributed by atoms with Gasteiger partial charge in [-0.05, 0) is 55.7 Å². The van der Waals surface area contributed by atoms with Crippen LogP contribution in [0, 0.1) is 5.82 Å². The molecule has 0 radical (unpaired) electrons. The van der Waals surface area contributed by atoms with E-state index < -0.39 is 5.91 Å². The third kappa shape index (κ3) is 3.78. The highest BCUT2D eigenvalue weighted by atomic mass is 19.1.